The van der Waals surface area contributed by atoms with Gasteiger partial charge in [-0.15, -0.1) is 0 Å². The third-order valence-electron chi connectivity index (χ3n) is 9.25. The van der Waals surface area contributed by atoms with Gasteiger partial charge in [-0.1, -0.05) is 141 Å². The monoisotopic (exact) mass is 771 g/mol. The number of unbranched alkanes of at least 4 members (excludes halogenated alkanes) is 22. The van der Waals surface area contributed by atoms with Crippen LogP contribution < -0.4 is 4.72 Å². The van der Waals surface area contributed by atoms with Crippen molar-refractivity contribution in [3.8, 4) is 0 Å². The number of allylic oxidation sites excluding steroid dienone is 4. The van der Waals surface area contributed by atoms with Crippen LogP contribution in [0.25, 0.3) is 0 Å². The highest BCUT2D eigenvalue weighted by atomic mass is 32.2. The normalized spacial score (nSPS) is 12.2. The molecule has 312 valence electrons. The van der Waals surface area contributed by atoms with Gasteiger partial charge in [0.15, 0.2) is 0 Å². The first-order chi connectivity index (χ1) is 25.7. The second-order valence-electron chi connectivity index (χ2n) is 14.9. The van der Waals surface area contributed by atoms with Crippen LogP contribution in [-0.4, -0.2) is 71.8 Å². The first-order valence-electron chi connectivity index (χ1n) is 21.6. The second-order valence-corrected chi connectivity index (χ2v) is 16.3. The number of nitrogens with one attached hydrogen (secondary N) is 1. The van der Waals surface area contributed by atoms with Gasteiger partial charge in [0.05, 0.1) is 0 Å². The third kappa shape index (κ3) is 39.7. The van der Waals surface area contributed by atoms with Crippen LogP contribution in [0.2, 0.25) is 0 Å². The van der Waals surface area contributed by atoms with Crippen molar-refractivity contribution in [1.29, 1.82) is 0 Å². The highest BCUT2D eigenvalue weighted by Crippen LogP contribution is 2.13. The largest absolute Gasteiger partial charge is 0.463 e. The van der Waals surface area contributed by atoms with Crippen LogP contribution in [0.3, 0.4) is 0 Å². The van der Waals surface area contributed by atoms with E-state index in [1.165, 1.54) is 89.9 Å². The molecule has 9 nitrogen and oxygen atoms in total. The summed E-state index contributed by atoms with van der Waals surface area (Å²) >= 11 is 0. The van der Waals surface area contributed by atoms with Crippen LogP contribution in [0.4, 0.5) is 0 Å². The number of hydrogen-bond donors (Lipinski definition) is 1. The number of nitrogens with zero attached hydrogens (tertiary/aromatic N) is 1. The van der Waals surface area contributed by atoms with Crippen molar-refractivity contribution < 1.29 is 31.7 Å². The number of rotatable bonds is 40. The Labute approximate surface area is 327 Å². The van der Waals surface area contributed by atoms with Gasteiger partial charge in [-0.3, -0.25) is 9.59 Å². The maximum absolute atomic E-state index is 12.5. The maximum atomic E-state index is 12.5. The molecule has 0 aliphatic heterocycles. The number of hydrogen-bond acceptors (Lipinski definition) is 8. The lowest BCUT2D eigenvalue weighted by Crippen LogP contribution is -2.38. The summed E-state index contributed by atoms with van der Waals surface area (Å²) in [5.74, 6) is -0.817. The Kier molecular flexibility index (Phi) is 37.2. The minimum atomic E-state index is -4.13. The summed E-state index contributed by atoms with van der Waals surface area (Å²) in [6, 6.07) is 0. The number of ether oxygens (including phenoxy) is 2. The average molecular weight is 771 g/mol. The Morgan fingerprint density at radius 2 is 0.887 bits per heavy atom. The number of likely N-dealkylation sites (N-methyl/N-ethyl adjacent to an activating group) is 1. The van der Waals surface area contributed by atoms with E-state index in [9.17, 15) is 18.0 Å². The van der Waals surface area contributed by atoms with Crippen LogP contribution in [0.1, 0.15) is 194 Å². The molecule has 0 bridgehead atoms. The summed E-state index contributed by atoms with van der Waals surface area (Å²) in [4.78, 5) is 26.7. The molecule has 0 aromatic heterocycles. The van der Waals surface area contributed by atoms with E-state index in [1.807, 2.05) is 19.0 Å². The minimum Gasteiger partial charge on any atom is -0.463 e. The number of carbonyl (C=O) groups excluding carboxylic acids is 2. The fraction of sp³-hybridized carbons (Fsp3) is 0.860. The summed E-state index contributed by atoms with van der Waals surface area (Å²) in [7, 11) is -0.456. The molecule has 0 fully saturated rings. The Balaban J connectivity index is 4.27. The zero-order chi connectivity index (χ0) is 39.1. The van der Waals surface area contributed by atoms with Crippen LogP contribution in [0.15, 0.2) is 24.3 Å². The molecule has 0 saturated heterocycles. The summed E-state index contributed by atoms with van der Waals surface area (Å²) < 4.78 is 43.4. The zero-order valence-corrected chi connectivity index (χ0v) is 35.5. The van der Waals surface area contributed by atoms with Crippen LogP contribution in [-0.2, 0) is 33.6 Å². The molecular formula is C43H82N2O7S. The molecule has 0 aromatic carbocycles. The van der Waals surface area contributed by atoms with Gasteiger partial charge in [-0.2, -0.15) is 13.1 Å². The van der Waals surface area contributed by atoms with Crippen LogP contribution in [0.5, 0.6) is 0 Å². The van der Waals surface area contributed by atoms with E-state index < -0.39 is 28.3 Å². The van der Waals surface area contributed by atoms with Gasteiger partial charge >= 0.3 is 22.2 Å². The molecule has 0 aliphatic rings. The Hall–Kier alpha value is -1.75. The molecule has 0 aromatic rings. The van der Waals surface area contributed by atoms with Gasteiger partial charge in [-0.25, -0.2) is 4.18 Å². The van der Waals surface area contributed by atoms with Crippen molar-refractivity contribution in [2.24, 2.45) is 0 Å². The quantitative estimate of drug-likeness (QED) is 0.0372. The molecule has 53 heavy (non-hydrogen) atoms. The van der Waals surface area contributed by atoms with Crippen molar-refractivity contribution >= 4 is 22.2 Å². The van der Waals surface area contributed by atoms with Gasteiger partial charge in [0.2, 0.25) is 0 Å². The van der Waals surface area contributed by atoms with Crippen molar-refractivity contribution in [2.75, 3.05) is 40.4 Å². The smallest absolute Gasteiger partial charge is 0.336 e. The van der Waals surface area contributed by atoms with Gasteiger partial charge in [-0.05, 0) is 78.3 Å². The van der Waals surface area contributed by atoms with E-state index in [2.05, 4.69) is 42.9 Å². The lowest BCUT2D eigenvalue weighted by Gasteiger charge is -2.18. The molecule has 0 heterocycles. The molecule has 0 spiro atoms. The van der Waals surface area contributed by atoms with E-state index in [0.717, 1.165) is 64.2 Å². The summed E-state index contributed by atoms with van der Waals surface area (Å²) in [6.45, 7) is 4.53. The summed E-state index contributed by atoms with van der Waals surface area (Å²) in [5, 5.41) is 0. The molecule has 10 heteroatoms. The van der Waals surface area contributed by atoms with Crippen LogP contribution >= 0.6 is 0 Å². The molecule has 0 aliphatic carbocycles. The average Bonchev–Trinajstić information content (AvgIpc) is 3.12. The van der Waals surface area contributed by atoms with Crippen LogP contribution in [0, 0.1) is 0 Å². The first kappa shape index (κ1) is 51.2. The van der Waals surface area contributed by atoms with Crippen molar-refractivity contribution in [1.82, 2.24) is 9.62 Å². The fourth-order valence-corrected chi connectivity index (χ4v) is 6.79. The van der Waals surface area contributed by atoms with Gasteiger partial charge in [0.1, 0.15) is 19.3 Å². The number of esters is 2. The maximum Gasteiger partial charge on any atom is 0.336 e. The first-order valence-corrected chi connectivity index (χ1v) is 23.0. The standard InChI is InChI=1S/C43H82N2O7S/c1-5-7-9-11-13-15-17-19-21-23-25-27-29-31-33-35-42(46)50-39-41(52-53(48,49)44-37-38-45(3)4)40-51-43(47)36-34-32-30-28-26-24-22-20-18-16-14-12-10-8-6-2/h19-22,41,44H,5-18,23-40H2,1-4H3/b21-19-,22-20-. The number of carbonyl (C=O) groups is 2. The summed E-state index contributed by atoms with van der Waals surface area (Å²) in [5.41, 5.74) is 0. The molecular weight excluding hydrogens is 689 g/mol. The Morgan fingerprint density at radius 1 is 0.547 bits per heavy atom. The Morgan fingerprint density at radius 3 is 1.25 bits per heavy atom. The SMILES string of the molecule is CCCCCCCC/C=C\CCCCCCCC(=O)OCC(COC(=O)CCCCCCC/C=C\CCCCCCCC)OS(=O)(=O)NCCN(C)C. The van der Waals surface area contributed by atoms with Gasteiger partial charge < -0.3 is 14.4 Å². The molecule has 0 saturated carbocycles. The molecule has 0 unspecified atom stereocenters. The molecule has 0 atom stereocenters. The molecule has 0 radical (unpaired) electrons. The Bertz CT molecular complexity index is 945. The van der Waals surface area contributed by atoms with Gasteiger partial charge in [0, 0.05) is 25.9 Å². The third-order valence-corrected chi connectivity index (χ3v) is 10.3. The molecule has 1 N–H and O–H groups in total. The highest BCUT2D eigenvalue weighted by Gasteiger charge is 2.23. The second kappa shape index (κ2) is 38.5. The van der Waals surface area contributed by atoms with Crippen molar-refractivity contribution in [2.45, 2.75) is 200 Å². The lowest BCUT2D eigenvalue weighted by atomic mass is 10.1. The van der Waals surface area contributed by atoms with E-state index >= 15 is 0 Å². The van der Waals surface area contributed by atoms with E-state index in [4.69, 9.17) is 13.7 Å². The predicted molar refractivity (Wildman–Crippen MR) is 221 cm³/mol. The zero-order valence-electron chi connectivity index (χ0n) is 34.7. The van der Waals surface area contributed by atoms with E-state index in [-0.39, 0.29) is 32.6 Å². The fourth-order valence-electron chi connectivity index (χ4n) is 5.91. The molecule has 0 amide bonds. The highest BCUT2D eigenvalue weighted by molar-refractivity contribution is 7.84. The van der Waals surface area contributed by atoms with Crippen molar-refractivity contribution in [3.63, 3.8) is 0 Å². The van der Waals surface area contributed by atoms with E-state index in [1.54, 1.807) is 0 Å². The summed E-state index contributed by atoms with van der Waals surface area (Å²) in [6.07, 6.45) is 39.2. The molecule has 0 rings (SSSR count). The minimum absolute atomic E-state index is 0.159. The van der Waals surface area contributed by atoms with Gasteiger partial charge in [0.25, 0.3) is 0 Å². The van der Waals surface area contributed by atoms with Crippen molar-refractivity contribution in [3.05, 3.63) is 24.3 Å². The predicted octanol–water partition coefficient (Wildman–Crippen LogP) is 10.9. The topological polar surface area (TPSA) is 111 Å². The lowest BCUT2D eigenvalue weighted by molar-refractivity contribution is -0.151. The van der Waals surface area contributed by atoms with E-state index in [0.29, 0.717) is 19.4 Å².